The van der Waals surface area contributed by atoms with Crippen LogP contribution < -0.4 is 5.32 Å². The number of aromatic amines is 1. The van der Waals surface area contributed by atoms with Crippen molar-refractivity contribution in [3.8, 4) is 0 Å². The van der Waals surface area contributed by atoms with E-state index in [-0.39, 0.29) is 5.91 Å². The van der Waals surface area contributed by atoms with Crippen molar-refractivity contribution < 1.29 is 4.79 Å². The summed E-state index contributed by atoms with van der Waals surface area (Å²) in [5, 5.41) is 3.40. The minimum atomic E-state index is -0.113. The van der Waals surface area contributed by atoms with Gasteiger partial charge in [-0.3, -0.25) is 4.79 Å². The largest absolute Gasteiger partial charge is 0.355 e. The number of hydrogen-bond donors (Lipinski definition) is 2. The fraction of sp³-hybridized carbons (Fsp3) is 0.111. The summed E-state index contributed by atoms with van der Waals surface area (Å²) in [6.45, 7) is 0. The molecule has 72 valence electrons. The van der Waals surface area contributed by atoms with Crippen LogP contribution in [0.5, 0.6) is 0 Å². The van der Waals surface area contributed by atoms with Crippen molar-refractivity contribution in [3.63, 3.8) is 0 Å². The molecule has 0 atom stereocenters. The van der Waals surface area contributed by atoms with E-state index in [9.17, 15) is 4.79 Å². The number of rotatable bonds is 1. The Hall–Kier alpha value is -1.36. The van der Waals surface area contributed by atoms with E-state index in [0.717, 1.165) is 9.86 Å². The molecule has 0 saturated heterocycles. The van der Waals surface area contributed by atoms with Crippen LogP contribution in [-0.4, -0.2) is 22.9 Å². The van der Waals surface area contributed by atoms with Crippen LogP contribution in [0.3, 0.4) is 0 Å². The van der Waals surface area contributed by atoms with E-state index in [4.69, 9.17) is 0 Å². The molecule has 2 N–H and O–H groups in total. The van der Waals surface area contributed by atoms with E-state index in [0.29, 0.717) is 11.2 Å². The molecule has 2 rings (SSSR count). The zero-order valence-corrected chi connectivity index (χ0v) is 9.05. The molecule has 0 aliphatic heterocycles. The minimum absolute atomic E-state index is 0.113. The highest BCUT2D eigenvalue weighted by Crippen LogP contribution is 2.25. The van der Waals surface area contributed by atoms with E-state index in [1.807, 2.05) is 0 Å². The van der Waals surface area contributed by atoms with Crippen LogP contribution in [0.15, 0.2) is 22.9 Å². The molecule has 4 nitrogen and oxygen atoms in total. The predicted molar refractivity (Wildman–Crippen MR) is 57.2 cm³/mol. The van der Waals surface area contributed by atoms with Gasteiger partial charge in [0.1, 0.15) is 5.65 Å². The highest BCUT2D eigenvalue weighted by Gasteiger charge is 2.12. The zero-order chi connectivity index (χ0) is 10.1. The molecule has 0 aromatic carbocycles. The highest BCUT2D eigenvalue weighted by molar-refractivity contribution is 9.10. The fourth-order valence-corrected chi connectivity index (χ4v) is 1.86. The molecule has 5 heteroatoms. The van der Waals surface area contributed by atoms with Crippen LogP contribution >= 0.6 is 15.9 Å². The van der Waals surface area contributed by atoms with Gasteiger partial charge in [-0.15, -0.1) is 0 Å². The summed E-state index contributed by atoms with van der Waals surface area (Å²) in [4.78, 5) is 18.6. The molecular weight excluding hydrogens is 246 g/mol. The normalized spacial score (nSPS) is 10.4. The number of fused-ring (bicyclic) bond motifs is 1. The lowest BCUT2D eigenvalue weighted by Crippen LogP contribution is -2.18. The van der Waals surface area contributed by atoms with Gasteiger partial charge in [0, 0.05) is 29.3 Å². The number of halogens is 1. The smallest absolute Gasteiger partial charge is 0.251 e. The van der Waals surface area contributed by atoms with Gasteiger partial charge in [-0.05, 0) is 22.0 Å². The van der Waals surface area contributed by atoms with Gasteiger partial charge in [0.25, 0.3) is 5.91 Å². The summed E-state index contributed by atoms with van der Waals surface area (Å²) < 4.78 is 0.846. The SMILES string of the molecule is CNC(=O)c1ccnc2[nH]cc(Br)c12. The average Bonchev–Trinajstić information content (AvgIpc) is 2.59. The van der Waals surface area contributed by atoms with Gasteiger partial charge in [0.2, 0.25) is 0 Å². The number of carbonyl (C=O) groups is 1. The summed E-state index contributed by atoms with van der Waals surface area (Å²) in [7, 11) is 1.61. The molecule has 2 heterocycles. The van der Waals surface area contributed by atoms with E-state index < -0.39 is 0 Å². The number of nitrogens with zero attached hydrogens (tertiary/aromatic N) is 1. The molecule has 0 radical (unpaired) electrons. The number of amides is 1. The topological polar surface area (TPSA) is 57.8 Å². The van der Waals surface area contributed by atoms with Crippen molar-refractivity contribution in [2.24, 2.45) is 0 Å². The first-order valence-corrected chi connectivity index (χ1v) is 4.87. The fourth-order valence-electron chi connectivity index (χ4n) is 1.34. The third kappa shape index (κ3) is 1.29. The van der Waals surface area contributed by atoms with Crippen LogP contribution in [0, 0.1) is 0 Å². The van der Waals surface area contributed by atoms with Crippen LogP contribution in [0.4, 0.5) is 0 Å². The molecule has 0 bridgehead atoms. The number of pyridine rings is 1. The van der Waals surface area contributed by atoms with Crippen molar-refractivity contribution in [1.29, 1.82) is 0 Å². The third-order valence-corrected chi connectivity index (χ3v) is 2.62. The number of carbonyl (C=O) groups excluding carboxylic acids is 1. The maximum Gasteiger partial charge on any atom is 0.251 e. The Morgan fingerprint density at radius 1 is 1.64 bits per heavy atom. The predicted octanol–water partition coefficient (Wildman–Crippen LogP) is 1.69. The van der Waals surface area contributed by atoms with Crippen LogP contribution in [0.2, 0.25) is 0 Å². The van der Waals surface area contributed by atoms with E-state index in [1.54, 1.807) is 25.5 Å². The minimum Gasteiger partial charge on any atom is -0.355 e. The number of nitrogens with one attached hydrogen (secondary N) is 2. The Morgan fingerprint density at radius 2 is 2.43 bits per heavy atom. The van der Waals surface area contributed by atoms with Crippen molar-refractivity contribution in [2.75, 3.05) is 7.05 Å². The number of aromatic nitrogens is 2. The average molecular weight is 254 g/mol. The Kier molecular flexibility index (Phi) is 2.25. The molecule has 0 fully saturated rings. The van der Waals surface area contributed by atoms with Crippen molar-refractivity contribution >= 4 is 32.9 Å². The summed E-state index contributed by atoms with van der Waals surface area (Å²) in [6, 6.07) is 1.69. The van der Waals surface area contributed by atoms with Gasteiger partial charge in [-0.25, -0.2) is 4.98 Å². The molecular formula is C9H8BrN3O. The Labute approximate surface area is 88.9 Å². The van der Waals surface area contributed by atoms with Gasteiger partial charge >= 0.3 is 0 Å². The van der Waals surface area contributed by atoms with E-state index in [2.05, 4.69) is 31.2 Å². The Bertz CT molecular complexity index is 492. The first kappa shape index (κ1) is 9.21. The van der Waals surface area contributed by atoms with Crippen molar-refractivity contribution in [1.82, 2.24) is 15.3 Å². The summed E-state index contributed by atoms with van der Waals surface area (Å²) >= 11 is 3.36. The van der Waals surface area contributed by atoms with Crippen molar-refractivity contribution in [2.45, 2.75) is 0 Å². The molecule has 2 aromatic rings. The van der Waals surface area contributed by atoms with Gasteiger partial charge in [0.15, 0.2) is 0 Å². The second-order valence-corrected chi connectivity index (χ2v) is 3.65. The monoisotopic (exact) mass is 253 g/mol. The molecule has 0 unspecified atom stereocenters. The maximum absolute atomic E-state index is 11.5. The second-order valence-electron chi connectivity index (χ2n) is 2.80. The molecule has 0 saturated carbocycles. The number of H-pyrrole nitrogens is 1. The van der Waals surface area contributed by atoms with Crippen molar-refractivity contribution in [3.05, 3.63) is 28.5 Å². The Morgan fingerprint density at radius 3 is 3.14 bits per heavy atom. The quantitative estimate of drug-likeness (QED) is 0.813. The standard InChI is InChI=1S/C9H8BrN3O/c1-11-9(14)5-2-3-12-8-7(5)6(10)4-13-8/h2-4H,1H3,(H,11,14)(H,12,13). The van der Waals surface area contributed by atoms with Gasteiger partial charge < -0.3 is 10.3 Å². The molecule has 0 aliphatic carbocycles. The van der Waals surface area contributed by atoms with Crippen LogP contribution in [0.1, 0.15) is 10.4 Å². The lowest BCUT2D eigenvalue weighted by Gasteiger charge is -2.00. The zero-order valence-electron chi connectivity index (χ0n) is 7.47. The van der Waals surface area contributed by atoms with Gasteiger partial charge in [-0.1, -0.05) is 0 Å². The third-order valence-electron chi connectivity index (χ3n) is 2.00. The summed E-state index contributed by atoms with van der Waals surface area (Å²) in [5.41, 5.74) is 1.32. The first-order valence-electron chi connectivity index (χ1n) is 4.07. The van der Waals surface area contributed by atoms with Crippen LogP contribution in [0.25, 0.3) is 11.0 Å². The summed E-state index contributed by atoms with van der Waals surface area (Å²) in [6.07, 6.45) is 3.37. The lowest BCUT2D eigenvalue weighted by atomic mass is 10.2. The molecule has 1 amide bonds. The Balaban J connectivity index is 2.75. The van der Waals surface area contributed by atoms with Gasteiger partial charge in [-0.2, -0.15) is 0 Å². The van der Waals surface area contributed by atoms with Crippen LogP contribution in [-0.2, 0) is 0 Å². The number of hydrogen-bond acceptors (Lipinski definition) is 2. The van der Waals surface area contributed by atoms with E-state index >= 15 is 0 Å². The molecule has 0 aliphatic rings. The van der Waals surface area contributed by atoms with Gasteiger partial charge in [0.05, 0.1) is 5.56 Å². The van der Waals surface area contributed by atoms with E-state index in [1.165, 1.54) is 0 Å². The molecule has 0 spiro atoms. The molecule has 2 aromatic heterocycles. The second kappa shape index (κ2) is 3.42. The first-order chi connectivity index (χ1) is 6.74. The lowest BCUT2D eigenvalue weighted by molar-refractivity contribution is 0.0964. The molecule has 14 heavy (non-hydrogen) atoms. The highest BCUT2D eigenvalue weighted by atomic mass is 79.9. The maximum atomic E-state index is 11.5. The summed E-state index contributed by atoms with van der Waals surface area (Å²) in [5.74, 6) is -0.113.